The van der Waals surface area contributed by atoms with Crippen molar-refractivity contribution >= 4 is 18.3 Å². The minimum atomic E-state index is 0. The molecular formula is C6H6NNaS. The van der Waals surface area contributed by atoms with Crippen molar-refractivity contribution in [1.29, 1.82) is 0 Å². The van der Waals surface area contributed by atoms with E-state index in [1.54, 1.807) is 6.07 Å². The molecule has 0 aliphatic rings. The molecule has 0 amide bonds. The average Bonchev–Trinajstić information content (AvgIpc) is 1.64. The Morgan fingerprint density at radius 2 is 2.00 bits per heavy atom. The van der Waals surface area contributed by atoms with Gasteiger partial charge in [-0.3, -0.25) is 0 Å². The largest absolute Gasteiger partial charge is 1.00 e. The monoisotopic (exact) mass is 147 g/mol. The second-order valence-corrected chi connectivity index (χ2v) is 2.04. The van der Waals surface area contributed by atoms with Crippen molar-refractivity contribution in [3.8, 4) is 0 Å². The molecule has 42 valence electrons. The molecule has 0 aromatic heterocycles. The first-order chi connectivity index (χ1) is 3.79. The van der Waals surface area contributed by atoms with E-state index in [0.29, 0.717) is 0 Å². The molecule has 0 radical (unpaired) electrons. The van der Waals surface area contributed by atoms with E-state index < -0.39 is 0 Å². The Morgan fingerprint density at radius 1 is 1.33 bits per heavy atom. The van der Waals surface area contributed by atoms with E-state index in [-0.39, 0.29) is 29.6 Å². The Balaban J connectivity index is 0.000000640. The van der Waals surface area contributed by atoms with Crippen molar-refractivity contribution in [2.24, 2.45) is 0 Å². The Hall–Kier alpha value is 0.240. The van der Waals surface area contributed by atoms with Gasteiger partial charge in [0.15, 0.2) is 0 Å². The molecule has 0 saturated carbocycles. The van der Waals surface area contributed by atoms with Crippen LogP contribution in [0.3, 0.4) is 0 Å². The minimum absolute atomic E-state index is 0. The normalized spacial score (nSPS) is 8.00. The average molecular weight is 147 g/mol. The second kappa shape index (κ2) is 4.12. The Kier molecular flexibility index (Phi) is 4.23. The molecule has 9 heavy (non-hydrogen) atoms. The predicted octanol–water partition coefficient (Wildman–Crippen LogP) is -1.82. The van der Waals surface area contributed by atoms with Gasteiger partial charge in [-0.25, -0.2) is 0 Å². The molecular weight excluding hydrogens is 141 g/mol. The summed E-state index contributed by atoms with van der Waals surface area (Å²) >= 11 is 4.82. The zero-order valence-corrected chi connectivity index (χ0v) is 8.11. The van der Waals surface area contributed by atoms with Gasteiger partial charge in [-0.2, -0.15) is 4.90 Å². The predicted molar refractivity (Wildman–Crippen MR) is 36.5 cm³/mol. The van der Waals surface area contributed by atoms with Crippen LogP contribution in [-0.2, 0) is 12.6 Å². The number of benzene rings is 1. The molecule has 0 saturated heterocycles. The Labute approximate surface area is 82.3 Å². The third-order valence-corrected chi connectivity index (χ3v) is 1.11. The van der Waals surface area contributed by atoms with E-state index in [4.69, 9.17) is 18.4 Å². The fourth-order valence-corrected chi connectivity index (χ4v) is 0.729. The van der Waals surface area contributed by atoms with Crippen LogP contribution >= 0.6 is 0 Å². The van der Waals surface area contributed by atoms with E-state index in [1.165, 1.54) is 0 Å². The van der Waals surface area contributed by atoms with Gasteiger partial charge >= 0.3 is 29.6 Å². The topological polar surface area (TPSA) is 26.0 Å². The van der Waals surface area contributed by atoms with Crippen LogP contribution in [0.2, 0.25) is 0 Å². The fourth-order valence-electron chi connectivity index (χ4n) is 0.515. The number of hydrogen-bond acceptors (Lipinski definition) is 2. The number of rotatable bonds is 0. The molecule has 3 heteroatoms. The van der Waals surface area contributed by atoms with E-state index >= 15 is 0 Å². The van der Waals surface area contributed by atoms with Crippen molar-refractivity contribution in [2.45, 2.75) is 4.90 Å². The summed E-state index contributed by atoms with van der Waals surface area (Å²) in [6, 6.07) is 7.26. The summed E-state index contributed by atoms with van der Waals surface area (Å²) in [5, 5.41) is 0. The van der Waals surface area contributed by atoms with Gasteiger partial charge in [-0.15, -0.1) is 0 Å². The van der Waals surface area contributed by atoms with Gasteiger partial charge in [0.25, 0.3) is 0 Å². The van der Waals surface area contributed by atoms with Gasteiger partial charge < -0.3 is 18.4 Å². The summed E-state index contributed by atoms with van der Waals surface area (Å²) in [7, 11) is 0. The third kappa shape index (κ3) is 3.06. The fraction of sp³-hybridized carbons (Fsp3) is 0. The van der Waals surface area contributed by atoms with Crippen LogP contribution in [0, 0.1) is 0 Å². The number of anilines is 1. The summed E-state index contributed by atoms with van der Waals surface area (Å²) < 4.78 is 0. The molecule has 0 fully saturated rings. The van der Waals surface area contributed by atoms with E-state index in [2.05, 4.69) is 0 Å². The number of hydrogen-bond donors (Lipinski definition) is 1. The molecule has 0 atom stereocenters. The summed E-state index contributed by atoms with van der Waals surface area (Å²) in [5.41, 5.74) is 6.13. The van der Waals surface area contributed by atoms with Gasteiger partial charge in [-0.05, 0) is 6.07 Å². The second-order valence-electron chi connectivity index (χ2n) is 1.57. The van der Waals surface area contributed by atoms with Crippen molar-refractivity contribution in [3.63, 3.8) is 0 Å². The van der Waals surface area contributed by atoms with Crippen LogP contribution in [0.1, 0.15) is 0 Å². The van der Waals surface area contributed by atoms with Crippen LogP contribution < -0.4 is 35.3 Å². The van der Waals surface area contributed by atoms with Crippen LogP contribution in [0.5, 0.6) is 0 Å². The smallest absolute Gasteiger partial charge is 0.780 e. The van der Waals surface area contributed by atoms with Crippen LogP contribution in [-0.4, -0.2) is 0 Å². The minimum Gasteiger partial charge on any atom is -0.780 e. The maximum Gasteiger partial charge on any atom is 1.00 e. The number of nitrogens with two attached hydrogens (primary N) is 1. The zero-order chi connectivity index (χ0) is 5.98. The molecule has 0 aliphatic carbocycles. The van der Waals surface area contributed by atoms with E-state index in [9.17, 15) is 0 Å². The quantitative estimate of drug-likeness (QED) is 0.265. The summed E-state index contributed by atoms with van der Waals surface area (Å²) in [5.74, 6) is 0. The van der Waals surface area contributed by atoms with Gasteiger partial charge in [0.1, 0.15) is 0 Å². The molecule has 1 aromatic rings. The molecule has 0 bridgehead atoms. The molecule has 0 heterocycles. The summed E-state index contributed by atoms with van der Waals surface area (Å²) in [6.07, 6.45) is 0. The van der Waals surface area contributed by atoms with Crippen LogP contribution in [0.25, 0.3) is 0 Å². The van der Waals surface area contributed by atoms with Crippen molar-refractivity contribution in [2.75, 3.05) is 5.73 Å². The molecule has 1 aromatic carbocycles. The van der Waals surface area contributed by atoms with Gasteiger partial charge in [0.05, 0.1) is 0 Å². The maximum absolute atomic E-state index is 5.39. The van der Waals surface area contributed by atoms with Gasteiger partial charge in [0.2, 0.25) is 0 Å². The Bertz CT molecular complexity index is 173. The van der Waals surface area contributed by atoms with Crippen molar-refractivity contribution < 1.29 is 29.6 Å². The summed E-state index contributed by atoms with van der Waals surface area (Å²) in [4.78, 5) is 0.796. The van der Waals surface area contributed by atoms with Gasteiger partial charge in [-0.1, -0.05) is 18.2 Å². The van der Waals surface area contributed by atoms with Crippen LogP contribution in [0.15, 0.2) is 29.2 Å². The molecule has 2 N–H and O–H groups in total. The number of nitrogen functional groups attached to an aromatic ring is 1. The standard InChI is InChI=1S/C6H7NS.Na/c7-5-2-1-3-6(8)4-5;/h1-4,8H,7H2;/q;+1/p-1. The molecule has 0 unspecified atom stereocenters. The van der Waals surface area contributed by atoms with Crippen LogP contribution in [0.4, 0.5) is 5.69 Å². The molecule has 1 rings (SSSR count). The van der Waals surface area contributed by atoms with Crippen molar-refractivity contribution in [3.05, 3.63) is 24.3 Å². The van der Waals surface area contributed by atoms with Crippen molar-refractivity contribution in [1.82, 2.24) is 0 Å². The molecule has 0 aliphatic heterocycles. The third-order valence-electron chi connectivity index (χ3n) is 0.858. The SMILES string of the molecule is Nc1cccc([S-])c1.[Na+]. The van der Waals surface area contributed by atoms with Gasteiger partial charge in [0, 0.05) is 5.69 Å². The molecule has 0 spiro atoms. The maximum atomic E-state index is 5.39. The first-order valence-electron chi connectivity index (χ1n) is 2.31. The Morgan fingerprint density at radius 3 is 2.33 bits per heavy atom. The molecule has 1 nitrogen and oxygen atoms in total. The first kappa shape index (κ1) is 9.24. The zero-order valence-electron chi connectivity index (χ0n) is 5.29. The van der Waals surface area contributed by atoms with E-state index in [0.717, 1.165) is 10.6 Å². The first-order valence-corrected chi connectivity index (χ1v) is 2.72. The summed E-state index contributed by atoms with van der Waals surface area (Å²) in [6.45, 7) is 0. The van der Waals surface area contributed by atoms with E-state index in [1.807, 2.05) is 18.2 Å².